The molecule has 0 saturated heterocycles. The van der Waals surface area contributed by atoms with Crippen LogP contribution in [0.25, 0.3) is 0 Å². The number of carbonyl (C=O) groups excluding carboxylic acids is 1. The van der Waals surface area contributed by atoms with Crippen LogP contribution in [-0.4, -0.2) is 50.6 Å². The lowest BCUT2D eigenvalue weighted by Crippen LogP contribution is -2.32. The van der Waals surface area contributed by atoms with Crippen LogP contribution in [0.3, 0.4) is 0 Å². The number of rotatable bonds is 12. The number of nitrogens with one attached hydrogen (secondary N) is 2. The molecule has 0 aliphatic heterocycles. The fraction of sp³-hybridized carbons (Fsp3) is 0.588. The average molecular weight is 356 g/mol. The highest BCUT2D eigenvalue weighted by molar-refractivity contribution is 7.91. The minimum atomic E-state index is -3.16. The standard InChI is InChI=1S/C17H28N2O4S/c1-2-3-4-17(21)19-12-14-24(22,23)13-11-18-10-9-15-5-7-16(20)8-6-15/h5-8,18,20H,2-4,9-14H2,1H3,(H,19,21). The zero-order valence-electron chi connectivity index (χ0n) is 14.3. The molecule has 0 aliphatic carbocycles. The third kappa shape index (κ3) is 9.52. The molecule has 0 atom stereocenters. The molecular formula is C17H28N2O4S. The summed E-state index contributed by atoms with van der Waals surface area (Å²) in [5.41, 5.74) is 1.08. The van der Waals surface area contributed by atoms with Crippen LogP contribution in [0.1, 0.15) is 31.7 Å². The number of unbranched alkanes of at least 4 members (excludes halogenated alkanes) is 1. The molecule has 24 heavy (non-hydrogen) atoms. The van der Waals surface area contributed by atoms with Crippen molar-refractivity contribution in [2.24, 2.45) is 0 Å². The van der Waals surface area contributed by atoms with Crippen molar-refractivity contribution in [3.05, 3.63) is 29.8 Å². The number of hydrogen-bond donors (Lipinski definition) is 3. The van der Waals surface area contributed by atoms with Gasteiger partial charge in [0.2, 0.25) is 5.91 Å². The minimum absolute atomic E-state index is 0.0233. The molecule has 1 aromatic rings. The summed E-state index contributed by atoms with van der Waals surface area (Å²) in [5.74, 6) is 0.191. The van der Waals surface area contributed by atoms with E-state index in [9.17, 15) is 18.3 Å². The maximum Gasteiger partial charge on any atom is 0.220 e. The maximum atomic E-state index is 11.9. The van der Waals surface area contributed by atoms with E-state index in [0.29, 0.717) is 19.5 Å². The smallest absolute Gasteiger partial charge is 0.220 e. The largest absolute Gasteiger partial charge is 0.508 e. The first-order chi connectivity index (χ1) is 11.4. The second-order valence-corrected chi connectivity index (χ2v) is 8.08. The van der Waals surface area contributed by atoms with Gasteiger partial charge in [-0.2, -0.15) is 0 Å². The molecule has 0 radical (unpaired) electrons. The molecule has 136 valence electrons. The van der Waals surface area contributed by atoms with Crippen LogP contribution in [0.15, 0.2) is 24.3 Å². The van der Waals surface area contributed by atoms with Gasteiger partial charge in [0.1, 0.15) is 5.75 Å². The van der Waals surface area contributed by atoms with Gasteiger partial charge in [-0.1, -0.05) is 25.5 Å². The van der Waals surface area contributed by atoms with Gasteiger partial charge in [0.15, 0.2) is 9.84 Å². The molecule has 0 heterocycles. The number of phenols is 1. The van der Waals surface area contributed by atoms with Crippen LogP contribution in [0.4, 0.5) is 0 Å². The Morgan fingerprint density at radius 1 is 1.08 bits per heavy atom. The Balaban J connectivity index is 2.12. The molecule has 0 bridgehead atoms. The van der Waals surface area contributed by atoms with Gasteiger partial charge in [0.25, 0.3) is 0 Å². The lowest BCUT2D eigenvalue weighted by Gasteiger charge is -2.08. The summed E-state index contributed by atoms with van der Waals surface area (Å²) < 4.78 is 23.8. The van der Waals surface area contributed by atoms with Crippen LogP contribution in [-0.2, 0) is 21.1 Å². The number of carbonyl (C=O) groups is 1. The Bertz CT molecular complexity index is 585. The van der Waals surface area contributed by atoms with E-state index in [1.807, 2.05) is 19.1 Å². The predicted octanol–water partition coefficient (Wildman–Crippen LogP) is 1.25. The summed E-state index contributed by atoms with van der Waals surface area (Å²) in [4.78, 5) is 11.4. The molecule has 7 heteroatoms. The number of sulfone groups is 1. The zero-order chi connectivity index (χ0) is 17.8. The number of hydrogen-bond acceptors (Lipinski definition) is 5. The quantitative estimate of drug-likeness (QED) is 0.490. The van der Waals surface area contributed by atoms with Crippen LogP contribution < -0.4 is 10.6 Å². The lowest BCUT2D eigenvalue weighted by atomic mass is 10.1. The first kappa shape index (κ1) is 20.4. The fourth-order valence-electron chi connectivity index (χ4n) is 2.12. The fourth-order valence-corrected chi connectivity index (χ4v) is 3.19. The van der Waals surface area contributed by atoms with Gasteiger partial charge in [0, 0.05) is 19.5 Å². The van der Waals surface area contributed by atoms with E-state index in [4.69, 9.17) is 0 Å². The highest BCUT2D eigenvalue weighted by atomic mass is 32.2. The minimum Gasteiger partial charge on any atom is -0.508 e. The second-order valence-electron chi connectivity index (χ2n) is 5.77. The van der Waals surface area contributed by atoms with E-state index < -0.39 is 9.84 Å². The molecule has 0 saturated carbocycles. The highest BCUT2D eigenvalue weighted by Gasteiger charge is 2.11. The van der Waals surface area contributed by atoms with Gasteiger partial charge < -0.3 is 15.7 Å². The normalized spacial score (nSPS) is 11.4. The van der Waals surface area contributed by atoms with E-state index in [1.54, 1.807) is 12.1 Å². The molecule has 1 aromatic carbocycles. The lowest BCUT2D eigenvalue weighted by molar-refractivity contribution is -0.121. The van der Waals surface area contributed by atoms with Gasteiger partial charge >= 0.3 is 0 Å². The molecular weight excluding hydrogens is 328 g/mol. The van der Waals surface area contributed by atoms with Crippen molar-refractivity contribution in [3.63, 3.8) is 0 Å². The van der Waals surface area contributed by atoms with E-state index in [1.165, 1.54) is 0 Å². The van der Waals surface area contributed by atoms with Crippen molar-refractivity contribution < 1.29 is 18.3 Å². The van der Waals surface area contributed by atoms with Crippen molar-refractivity contribution in [3.8, 4) is 5.75 Å². The summed E-state index contributed by atoms with van der Waals surface area (Å²) in [6, 6.07) is 6.95. The van der Waals surface area contributed by atoms with E-state index >= 15 is 0 Å². The number of amides is 1. The van der Waals surface area contributed by atoms with Crippen molar-refractivity contribution in [2.75, 3.05) is 31.1 Å². The molecule has 0 spiro atoms. The van der Waals surface area contributed by atoms with Gasteiger partial charge in [-0.25, -0.2) is 8.42 Å². The summed E-state index contributed by atoms with van der Waals surface area (Å²) in [5, 5.41) is 14.9. The van der Waals surface area contributed by atoms with Crippen molar-refractivity contribution >= 4 is 15.7 Å². The Morgan fingerprint density at radius 2 is 1.75 bits per heavy atom. The molecule has 0 aromatic heterocycles. The monoisotopic (exact) mass is 356 g/mol. The zero-order valence-corrected chi connectivity index (χ0v) is 15.1. The SMILES string of the molecule is CCCCC(=O)NCCS(=O)(=O)CCNCCc1ccc(O)cc1. The molecule has 0 fully saturated rings. The molecule has 3 N–H and O–H groups in total. The number of phenolic OH excluding ortho intramolecular Hbond substituents is 1. The predicted molar refractivity (Wildman–Crippen MR) is 95.9 cm³/mol. The van der Waals surface area contributed by atoms with Gasteiger partial charge in [0.05, 0.1) is 11.5 Å². The topological polar surface area (TPSA) is 95.5 Å². The Hall–Kier alpha value is -1.60. The Labute approximate surface area is 144 Å². The summed E-state index contributed by atoms with van der Waals surface area (Å²) in [7, 11) is -3.16. The van der Waals surface area contributed by atoms with Crippen molar-refractivity contribution in [1.29, 1.82) is 0 Å². The van der Waals surface area contributed by atoms with Gasteiger partial charge in [-0.3, -0.25) is 4.79 Å². The first-order valence-electron chi connectivity index (χ1n) is 8.38. The first-order valence-corrected chi connectivity index (χ1v) is 10.2. The highest BCUT2D eigenvalue weighted by Crippen LogP contribution is 2.09. The molecule has 1 amide bonds. The third-order valence-corrected chi connectivity index (χ3v) is 5.26. The van der Waals surface area contributed by atoms with E-state index in [-0.39, 0.29) is 29.7 Å². The molecule has 0 unspecified atom stereocenters. The maximum absolute atomic E-state index is 11.9. The Morgan fingerprint density at radius 3 is 2.42 bits per heavy atom. The van der Waals surface area contributed by atoms with Crippen LogP contribution in [0.2, 0.25) is 0 Å². The van der Waals surface area contributed by atoms with Crippen molar-refractivity contribution in [1.82, 2.24) is 10.6 Å². The van der Waals surface area contributed by atoms with Gasteiger partial charge in [-0.15, -0.1) is 0 Å². The summed E-state index contributed by atoms with van der Waals surface area (Å²) in [6.07, 6.45) is 2.99. The number of aromatic hydroxyl groups is 1. The van der Waals surface area contributed by atoms with Crippen LogP contribution in [0.5, 0.6) is 5.75 Å². The average Bonchev–Trinajstić information content (AvgIpc) is 2.54. The number of benzene rings is 1. The van der Waals surface area contributed by atoms with Gasteiger partial charge in [-0.05, 0) is 37.1 Å². The molecule has 1 rings (SSSR count). The second kappa shape index (κ2) is 11.0. The third-order valence-electron chi connectivity index (χ3n) is 3.61. The summed E-state index contributed by atoms with van der Waals surface area (Å²) >= 11 is 0. The summed E-state index contributed by atoms with van der Waals surface area (Å²) in [6.45, 7) is 3.25. The van der Waals surface area contributed by atoms with E-state index in [2.05, 4.69) is 10.6 Å². The molecule has 0 aliphatic rings. The van der Waals surface area contributed by atoms with Crippen LogP contribution >= 0.6 is 0 Å². The van der Waals surface area contributed by atoms with E-state index in [0.717, 1.165) is 24.8 Å². The molecule has 6 nitrogen and oxygen atoms in total. The van der Waals surface area contributed by atoms with Crippen molar-refractivity contribution in [2.45, 2.75) is 32.6 Å². The Kier molecular flexibility index (Phi) is 9.41. The van der Waals surface area contributed by atoms with Crippen LogP contribution in [0, 0.1) is 0 Å².